The van der Waals surface area contributed by atoms with E-state index in [1.165, 1.54) is 0 Å². The molecule has 6 heteroatoms. The van der Waals surface area contributed by atoms with E-state index in [0.29, 0.717) is 12.4 Å². The highest BCUT2D eigenvalue weighted by atomic mass is 32.2. The second-order valence-corrected chi connectivity index (χ2v) is 7.16. The van der Waals surface area contributed by atoms with E-state index >= 15 is 0 Å². The van der Waals surface area contributed by atoms with Gasteiger partial charge in [-0.15, -0.1) is 11.8 Å². The van der Waals surface area contributed by atoms with Crippen LogP contribution in [0.1, 0.15) is 11.1 Å². The van der Waals surface area contributed by atoms with E-state index in [2.05, 4.69) is 11.9 Å². The fourth-order valence-electron chi connectivity index (χ4n) is 2.52. The number of amides is 1. The van der Waals surface area contributed by atoms with Crippen molar-refractivity contribution in [3.63, 3.8) is 0 Å². The van der Waals surface area contributed by atoms with Gasteiger partial charge in [0.25, 0.3) is 0 Å². The monoisotopic (exact) mass is 338 g/mol. The molecule has 1 amide bonds. The molecule has 23 heavy (non-hydrogen) atoms. The van der Waals surface area contributed by atoms with Crippen molar-refractivity contribution in [2.24, 2.45) is 0 Å². The number of hydrogen-bond acceptors (Lipinski definition) is 5. The fourth-order valence-corrected chi connectivity index (χ4v) is 3.48. The zero-order chi connectivity index (χ0) is 16.8. The molecule has 1 aliphatic rings. The zero-order valence-corrected chi connectivity index (χ0v) is 15.0. The Hall–Kier alpha value is -1.24. The van der Waals surface area contributed by atoms with Gasteiger partial charge in [-0.2, -0.15) is 0 Å². The minimum absolute atomic E-state index is 0.0828. The van der Waals surface area contributed by atoms with Gasteiger partial charge in [0.05, 0.1) is 6.61 Å². The van der Waals surface area contributed by atoms with Crippen LogP contribution in [0.5, 0.6) is 5.75 Å². The molecule has 1 heterocycles. The van der Waals surface area contributed by atoms with Crippen molar-refractivity contribution in [1.82, 2.24) is 9.80 Å². The van der Waals surface area contributed by atoms with Crippen molar-refractivity contribution in [2.75, 3.05) is 52.2 Å². The maximum absolute atomic E-state index is 12.0. The Kier molecular flexibility index (Phi) is 6.74. The lowest BCUT2D eigenvalue weighted by Gasteiger charge is -2.32. The lowest BCUT2D eigenvalue weighted by atomic mass is 10.1. The van der Waals surface area contributed by atoms with Gasteiger partial charge in [-0.1, -0.05) is 0 Å². The van der Waals surface area contributed by atoms with E-state index in [0.717, 1.165) is 48.0 Å². The molecular formula is C17H26N2O3S. The first kappa shape index (κ1) is 18.1. The number of piperazine rings is 1. The van der Waals surface area contributed by atoms with E-state index in [1.54, 1.807) is 11.8 Å². The third-order valence-corrected chi connectivity index (χ3v) is 4.98. The maximum Gasteiger partial charge on any atom is 0.248 e. The molecule has 1 fully saturated rings. The summed E-state index contributed by atoms with van der Waals surface area (Å²) in [6.45, 7) is 7.96. The summed E-state index contributed by atoms with van der Waals surface area (Å²) < 4.78 is 5.51. The minimum atomic E-state index is 0.0828. The van der Waals surface area contributed by atoms with Crippen molar-refractivity contribution >= 4 is 17.7 Å². The number of rotatable bonds is 6. The van der Waals surface area contributed by atoms with Crippen LogP contribution in [0.2, 0.25) is 0 Å². The minimum Gasteiger partial charge on any atom is -0.507 e. The highest BCUT2D eigenvalue weighted by Crippen LogP contribution is 2.28. The van der Waals surface area contributed by atoms with Crippen molar-refractivity contribution in [3.05, 3.63) is 23.3 Å². The smallest absolute Gasteiger partial charge is 0.248 e. The predicted octanol–water partition coefficient (Wildman–Crippen LogP) is 1.89. The van der Waals surface area contributed by atoms with Crippen LogP contribution in [0.15, 0.2) is 17.0 Å². The van der Waals surface area contributed by atoms with Gasteiger partial charge in [0, 0.05) is 36.8 Å². The number of likely N-dealkylation sites (N-methyl/N-ethyl adjacent to an activating group) is 1. The first-order chi connectivity index (χ1) is 11.0. The molecule has 0 bridgehead atoms. The molecule has 1 saturated heterocycles. The number of ether oxygens (including phenoxy) is 1. The number of hydrogen-bond donors (Lipinski definition) is 1. The van der Waals surface area contributed by atoms with E-state index in [-0.39, 0.29) is 12.5 Å². The van der Waals surface area contributed by atoms with Gasteiger partial charge >= 0.3 is 0 Å². The number of aromatic hydroxyl groups is 1. The molecule has 0 spiro atoms. The number of carbonyl (C=O) groups is 1. The molecule has 1 N–H and O–H groups in total. The Morgan fingerprint density at radius 3 is 2.43 bits per heavy atom. The Morgan fingerprint density at radius 1 is 1.22 bits per heavy atom. The van der Waals surface area contributed by atoms with Crippen LogP contribution in [-0.2, 0) is 9.53 Å². The number of aryl methyl sites for hydroxylation is 2. The van der Waals surface area contributed by atoms with Gasteiger partial charge in [0.2, 0.25) is 5.91 Å². The van der Waals surface area contributed by atoms with Crippen molar-refractivity contribution in [1.29, 1.82) is 0 Å². The van der Waals surface area contributed by atoms with Crippen LogP contribution in [0.3, 0.4) is 0 Å². The fraction of sp³-hybridized carbons (Fsp3) is 0.588. The van der Waals surface area contributed by atoms with Gasteiger partial charge in [0.1, 0.15) is 12.4 Å². The third-order valence-electron chi connectivity index (χ3n) is 4.04. The Bertz CT molecular complexity index is 520. The maximum atomic E-state index is 12.0. The number of phenolic OH excluding ortho intramolecular Hbond substituents is 1. The molecule has 2 rings (SSSR count). The zero-order valence-electron chi connectivity index (χ0n) is 14.2. The Morgan fingerprint density at radius 2 is 1.83 bits per heavy atom. The molecule has 0 aliphatic carbocycles. The Labute approximate surface area is 142 Å². The molecule has 0 atom stereocenters. The van der Waals surface area contributed by atoms with Crippen molar-refractivity contribution in [3.8, 4) is 5.75 Å². The molecule has 1 aromatic rings. The summed E-state index contributed by atoms with van der Waals surface area (Å²) in [7, 11) is 2.07. The van der Waals surface area contributed by atoms with Crippen LogP contribution in [0.4, 0.5) is 0 Å². The summed E-state index contributed by atoms with van der Waals surface area (Å²) in [5.74, 6) is 1.24. The van der Waals surface area contributed by atoms with Gasteiger partial charge in [-0.25, -0.2) is 0 Å². The molecule has 0 radical (unpaired) electrons. The number of carbonyl (C=O) groups excluding carboxylic acids is 1. The van der Waals surface area contributed by atoms with Crippen LogP contribution in [-0.4, -0.2) is 73.0 Å². The molecule has 128 valence electrons. The summed E-state index contributed by atoms with van der Waals surface area (Å²) in [5, 5.41) is 9.76. The van der Waals surface area contributed by atoms with Crippen LogP contribution in [0.25, 0.3) is 0 Å². The van der Waals surface area contributed by atoms with E-state index < -0.39 is 0 Å². The van der Waals surface area contributed by atoms with Crippen LogP contribution < -0.4 is 0 Å². The van der Waals surface area contributed by atoms with Crippen LogP contribution >= 0.6 is 11.8 Å². The summed E-state index contributed by atoms with van der Waals surface area (Å²) in [4.78, 5) is 17.2. The third kappa shape index (κ3) is 5.41. The highest BCUT2D eigenvalue weighted by molar-refractivity contribution is 7.99. The molecule has 1 aliphatic heterocycles. The average Bonchev–Trinajstić information content (AvgIpc) is 2.52. The van der Waals surface area contributed by atoms with Crippen LogP contribution in [0, 0.1) is 13.8 Å². The lowest BCUT2D eigenvalue weighted by Crippen LogP contribution is -2.48. The highest BCUT2D eigenvalue weighted by Gasteiger charge is 2.18. The summed E-state index contributed by atoms with van der Waals surface area (Å²) >= 11 is 1.68. The van der Waals surface area contributed by atoms with Crippen molar-refractivity contribution in [2.45, 2.75) is 18.7 Å². The molecule has 1 aromatic carbocycles. The molecule has 0 aromatic heterocycles. The molecule has 5 nitrogen and oxygen atoms in total. The summed E-state index contributed by atoms with van der Waals surface area (Å²) in [6, 6.07) is 3.95. The summed E-state index contributed by atoms with van der Waals surface area (Å²) in [5.41, 5.74) is 1.78. The lowest BCUT2D eigenvalue weighted by molar-refractivity contribution is -0.137. The second-order valence-electron chi connectivity index (χ2n) is 5.99. The normalized spacial score (nSPS) is 15.9. The topological polar surface area (TPSA) is 53.0 Å². The van der Waals surface area contributed by atoms with E-state index in [1.807, 2.05) is 30.9 Å². The SMILES string of the molecule is Cc1cc(SCCOCC(=O)N2CCN(C)CC2)cc(C)c1O. The van der Waals surface area contributed by atoms with Gasteiger partial charge in [-0.3, -0.25) is 4.79 Å². The molecular weight excluding hydrogens is 312 g/mol. The standard InChI is InChI=1S/C17H26N2O3S/c1-13-10-15(11-14(2)17(13)21)23-9-8-22-12-16(20)19-6-4-18(3)5-7-19/h10-11,21H,4-9,12H2,1-3H3. The quantitative estimate of drug-likeness (QED) is 0.634. The second kappa shape index (κ2) is 8.57. The van der Waals surface area contributed by atoms with E-state index in [4.69, 9.17) is 4.74 Å². The van der Waals surface area contributed by atoms with Gasteiger partial charge in [0.15, 0.2) is 0 Å². The Balaban J connectivity index is 1.65. The first-order valence-corrected chi connectivity index (χ1v) is 8.93. The number of phenols is 1. The first-order valence-electron chi connectivity index (χ1n) is 7.94. The average molecular weight is 338 g/mol. The summed E-state index contributed by atoms with van der Waals surface area (Å²) in [6.07, 6.45) is 0. The number of benzene rings is 1. The van der Waals surface area contributed by atoms with E-state index in [9.17, 15) is 9.90 Å². The number of thioether (sulfide) groups is 1. The van der Waals surface area contributed by atoms with Gasteiger partial charge < -0.3 is 19.6 Å². The number of nitrogens with zero attached hydrogens (tertiary/aromatic N) is 2. The van der Waals surface area contributed by atoms with Gasteiger partial charge in [-0.05, 0) is 44.2 Å². The predicted molar refractivity (Wildman–Crippen MR) is 93.2 cm³/mol. The molecule has 0 unspecified atom stereocenters. The molecule has 0 saturated carbocycles. The van der Waals surface area contributed by atoms with Crippen molar-refractivity contribution < 1.29 is 14.6 Å². The largest absolute Gasteiger partial charge is 0.507 e.